The second kappa shape index (κ2) is 27.0. The van der Waals surface area contributed by atoms with Crippen LogP contribution in [0.1, 0.15) is 119 Å². The summed E-state index contributed by atoms with van der Waals surface area (Å²) in [5, 5.41) is 6.35. The number of nitrogens with two attached hydrogens (primary N) is 1. The molecule has 422 valence electrons. The van der Waals surface area contributed by atoms with E-state index in [9.17, 15) is 28.8 Å². The van der Waals surface area contributed by atoms with E-state index in [1.165, 1.54) is 6.20 Å². The fourth-order valence-electron chi connectivity index (χ4n) is 8.75. The third kappa shape index (κ3) is 16.9. The van der Waals surface area contributed by atoms with Gasteiger partial charge in [-0.1, -0.05) is 24.3 Å². The number of rotatable bonds is 19. The van der Waals surface area contributed by atoms with Crippen molar-refractivity contribution in [1.82, 2.24) is 29.7 Å². The number of nitrogens with zero attached hydrogens (tertiary/aromatic N) is 9. The lowest BCUT2D eigenvalue weighted by Crippen LogP contribution is -2.39. The normalized spacial score (nSPS) is 15.2. The highest BCUT2D eigenvalue weighted by atomic mass is 16.6. The standard InChI is InChI=1S/C30H40N6O6.C26H38N6O4/c1-6-34(7-2)28-31-19-23(36-24(37)14-15-25(36)38)26(33-28)32-22(27(39)42-30(3,4)5)18-20-10-12-21(13-11-20)41-29(40)35-16-8-9-17-35;1-6-31(7-2)24-28-17-20(27)22(30-24)29-21(23(33)36-26(3,4)5)16-18-10-12-19(13-11-18)35-25(34)32-14-8-9-15-32/h10-13,19,22H,6-9,14-18H2,1-5H3,(H,31,32,33);10-13,17,21H,6-9,14-16,27H2,1-5H3,(H,28,29,30)/t22-;21-/m00/s1. The van der Waals surface area contributed by atoms with Gasteiger partial charge in [0.05, 0.1) is 18.1 Å². The van der Waals surface area contributed by atoms with Gasteiger partial charge in [-0.15, -0.1) is 0 Å². The molecular formula is C56H78N12O10. The zero-order chi connectivity index (χ0) is 56.7. The summed E-state index contributed by atoms with van der Waals surface area (Å²) >= 11 is 0. The first-order valence-corrected chi connectivity index (χ1v) is 27.0. The summed E-state index contributed by atoms with van der Waals surface area (Å²) < 4.78 is 22.4. The van der Waals surface area contributed by atoms with Crippen LogP contribution in [-0.4, -0.2) is 141 Å². The summed E-state index contributed by atoms with van der Waals surface area (Å²) in [6.07, 6.45) is 6.92. The number of esters is 2. The maximum atomic E-state index is 13.5. The summed E-state index contributed by atoms with van der Waals surface area (Å²) in [6.45, 7) is 24.4. The molecule has 4 amide bonds. The van der Waals surface area contributed by atoms with E-state index in [1.807, 2.05) is 70.4 Å². The number of ether oxygens (including phenoxy) is 4. The van der Waals surface area contributed by atoms with Crippen LogP contribution < -0.4 is 40.5 Å². The largest absolute Gasteiger partial charge is 0.458 e. The number of hydrogen-bond acceptors (Lipinski definition) is 19. The second-order valence-electron chi connectivity index (χ2n) is 21.1. The van der Waals surface area contributed by atoms with Crippen molar-refractivity contribution < 1.29 is 47.7 Å². The van der Waals surface area contributed by atoms with Crippen LogP contribution in [0.2, 0.25) is 0 Å². The van der Waals surface area contributed by atoms with E-state index >= 15 is 0 Å². The van der Waals surface area contributed by atoms with Crippen LogP contribution >= 0.6 is 0 Å². The molecule has 22 nitrogen and oxygen atoms in total. The first-order chi connectivity index (χ1) is 37.1. The molecule has 0 radical (unpaired) electrons. The summed E-state index contributed by atoms with van der Waals surface area (Å²) in [5.41, 5.74) is 6.89. The molecule has 3 fully saturated rings. The third-order valence-corrected chi connectivity index (χ3v) is 12.8. The minimum Gasteiger partial charge on any atom is -0.458 e. The van der Waals surface area contributed by atoms with Crippen molar-refractivity contribution in [3.63, 3.8) is 0 Å². The number of carbonyl (C=O) groups excluding carboxylic acids is 6. The van der Waals surface area contributed by atoms with E-state index in [2.05, 4.69) is 30.6 Å². The SMILES string of the molecule is CCN(CC)c1ncc(N)c(N[C@@H](Cc2ccc(OC(=O)N3CCCC3)cc2)C(=O)OC(C)(C)C)n1.CCN(CC)c1ncc(N2C(=O)CCC2=O)c(N[C@@H](Cc2ccc(OC(=O)N3CCCC3)cc2)C(=O)OC(C)(C)C)n1. The predicted octanol–water partition coefficient (Wildman–Crippen LogP) is 7.80. The van der Waals surface area contributed by atoms with Crippen molar-refractivity contribution in [1.29, 1.82) is 0 Å². The van der Waals surface area contributed by atoms with E-state index in [0.717, 1.165) is 67.9 Å². The number of nitrogen functional groups attached to an aromatic ring is 1. The van der Waals surface area contributed by atoms with Crippen molar-refractivity contribution in [3.8, 4) is 11.5 Å². The van der Waals surface area contributed by atoms with Gasteiger partial charge in [0.15, 0.2) is 11.6 Å². The van der Waals surface area contributed by atoms with Gasteiger partial charge in [-0.25, -0.2) is 34.0 Å². The lowest BCUT2D eigenvalue weighted by Gasteiger charge is -2.27. The monoisotopic (exact) mass is 1080 g/mol. The van der Waals surface area contributed by atoms with Gasteiger partial charge in [0.2, 0.25) is 23.7 Å². The predicted molar refractivity (Wildman–Crippen MR) is 298 cm³/mol. The number of hydrogen-bond donors (Lipinski definition) is 3. The van der Waals surface area contributed by atoms with Gasteiger partial charge in [-0.05, 0) is 130 Å². The summed E-state index contributed by atoms with van der Waals surface area (Å²) in [6, 6.07) is 12.4. The molecule has 2 aromatic carbocycles. The quantitative estimate of drug-likeness (QED) is 0.0598. The van der Waals surface area contributed by atoms with Crippen molar-refractivity contribution in [2.24, 2.45) is 0 Å². The number of benzene rings is 2. The molecule has 22 heteroatoms. The average molecular weight is 1080 g/mol. The third-order valence-electron chi connectivity index (χ3n) is 12.8. The van der Waals surface area contributed by atoms with Crippen LogP contribution in [0.25, 0.3) is 0 Å². The average Bonchev–Trinajstić information content (AvgIpc) is 4.24. The number of anilines is 6. The molecule has 0 aliphatic carbocycles. The molecule has 5 heterocycles. The molecule has 4 N–H and O–H groups in total. The molecule has 78 heavy (non-hydrogen) atoms. The van der Waals surface area contributed by atoms with Crippen LogP contribution in [0, 0.1) is 0 Å². The van der Waals surface area contributed by atoms with Gasteiger partial charge >= 0.3 is 24.1 Å². The van der Waals surface area contributed by atoms with Crippen molar-refractivity contribution in [3.05, 3.63) is 72.1 Å². The van der Waals surface area contributed by atoms with Crippen molar-refractivity contribution >= 4 is 70.8 Å². The Hall–Kier alpha value is -7.78. The van der Waals surface area contributed by atoms with Crippen LogP contribution in [0.4, 0.5) is 44.5 Å². The number of nitrogens with one attached hydrogen (secondary N) is 2. The Balaban J connectivity index is 0.000000255. The molecular weight excluding hydrogens is 1000 g/mol. The molecule has 0 spiro atoms. The number of carbonyl (C=O) groups is 6. The topological polar surface area (TPSA) is 257 Å². The maximum Gasteiger partial charge on any atom is 0.415 e. The number of imide groups is 1. The Kier molecular flexibility index (Phi) is 20.6. The molecule has 0 saturated carbocycles. The number of aromatic nitrogens is 4. The van der Waals surface area contributed by atoms with E-state index in [1.54, 1.807) is 73.2 Å². The summed E-state index contributed by atoms with van der Waals surface area (Å²) in [5.74, 6) is 0.703. The smallest absolute Gasteiger partial charge is 0.415 e. The first-order valence-electron chi connectivity index (χ1n) is 27.0. The Morgan fingerprint density at radius 3 is 1.35 bits per heavy atom. The maximum absolute atomic E-state index is 13.5. The highest BCUT2D eigenvalue weighted by Gasteiger charge is 2.35. The van der Waals surface area contributed by atoms with Gasteiger partial charge in [-0.3, -0.25) is 9.59 Å². The Bertz CT molecular complexity index is 2680. The summed E-state index contributed by atoms with van der Waals surface area (Å²) in [7, 11) is 0. The van der Waals surface area contributed by atoms with Crippen LogP contribution in [0.3, 0.4) is 0 Å². The molecule has 2 aromatic heterocycles. The first kappa shape index (κ1) is 59.5. The molecule has 0 unspecified atom stereocenters. The zero-order valence-corrected chi connectivity index (χ0v) is 46.9. The zero-order valence-electron chi connectivity index (χ0n) is 46.9. The van der Waals surface area contributed by atoms with Gasteiger partial charge in [0.1, 0.15) is 40.5 Å². The fourth-order valence-corrected chi connectivity index (χ4v) is 8.75. The van der Waals surface area contributed by atoms with Crippen LogP contribution in [-0.2, 0) is 41.5 Å². The minimum absolute atomic E-state index is 0.0975. The van der Waals surface area contributed by atoms with Crippen LogP contribution in [0.15, 0.2) is 60.9 Å². The highest BCUT2D eigenvalue weighted by Crippen LogP contribution is 2.32. The second-order valence-corrected chi connectivity index (χ2v) is 21.1. The van der Waals surface area contributed by atoms with Crippen LogP contribution in [0.5, 0.6) is 11.5 Å². The van der Waals surface area contributed by atoms with Gasteiger partial charge < -0.3 is 54.9 Å². The van der Waals surface area contributed by atoms with Crippen molar-refractivity contribution in [2.75, 3.05) is 83.4 Å². The van der Waals surface area contributed by atoms with E-state index in [-0.39, 0.29) is 54.8 Å². The Labute approximate surface area is 457 Å². The van der Waals surface area contributed by atoms with Crippen molar-refractivity contribution in [2.45, 2.75) is 144 Å². The molecule has 4 aromatic rings. The molecule has 0 bridgehead atoms. The molecule has 3 aliphatic heterocycles. The Morgan fingerprint density at radius 2 is 0.962 bits per heavy atom. The molecule has 2 atom stereocenters. The Morgan fingerprint density at radius 1 is 0.590 bits per heavy atom. The molecule has 3 saturated heterocycles. The number of likely N-dealkylation sites (tertiary alicyclic amines) is 2. The highest BCUT2D eigenvalue weighted by molar-refractivity contribution is 6.21. The van der Waals surface area contributed by atoms with Gasteiger partial charge in [0.25, 0.3) is 0 Å². The molecule has 7 rings (SSSR count). The van der Waals surface area contributed by atoms with E-state index < -0.39 is 35.2 Å². The minimum atomic E-state index is -0.923. The number of amides is 4. The van der Waals surface area contributed by atoms with Gasteiger partial charge in [0, 0.05) is 78.0 Å². The summed E-state index contributed by atoms with van der Waals surface area (Å²) in [4.78, 5) is 103. The van der Waals surface area contributed by atoms with E-state index in [0.29, 0.717) is 67.5 Å². The van der Waals surface area contributed by atoms with E-state index in [4.69, 9.17) is 24.7 Å². The van der Waals surface area contributed by atoms with Gasteiger partial charge in [-0.2, -0.15) is 9.97 Å². The molecule has 3 aliphatic rings. The lowest BCUT2D eigenvalue weighted by atomic mass is 10.0. The fraction of sp³-hybridized carbons (Fsp3) is 0.536. The lowest BCUT2D eigenvalue weighted by molar-refractivity contribution is -0.156.